The van der Waals surface area contributed by atoms with Crippen LogP contribution in [0.3, 0.4) is 0 Å². The highest BCUT2D eigenvalue weighted by molar-refractivity contribution is 9.10. The normalized spacial score (nSPS) is 10.4. The maximum absolute atomic E-state index is 13.5. The second-order valence-corrected chi connectivity index (χ2v) is 5.65. The fourth-order valence-corrected chi connectivity index (χ4v) is 2.31. The van der Waals surface area contributed by atoms with Gasteiger partial charge in [-0.15, -0.1) is 0 Å². The number of benzene rings is 1. The third-order valence-electron chi connectivity index (χ3n) is 2.23. The SMILES string of the molecule is O=C(CSc1n[nH]c(=O)[nH]c1=O)Nc1ccc(Br)cc1F. The van der Waals surface area contributed by atoms with Crippen LogP contribution in [0.2, 0.25) is 0 Å². The van der Waals surface area contributed by atoms with E-state index in [4.69, 9.17) is 0 Å². The van der Waals surface area contributed by atoms with E-state index in [1.165, 1.54) is 12.1 Å². The number of carbonyl (C=O) groups excluding carboxylic acids is 1. The van der Waals surface area contributed by atoms with Crippen LogP contribution in [0.5, 0.6) is 0 Å². The van der Waals surface area contributed by atoms with Gasteiger partial charge in [-0.1, -0.05) is 27.7 Å². The molecule has 110 valence electrons. The van der Waals surface area contributed by atoms with Gasteiger partial charge in [-0.3, -0.25) is 14.6 Å². The lowest BCUT2D eigenvalue weighted by Crippen LogP contribution is -2.25. The van der Waals surface area contributed by atoms with E-state index in [9.17, 15) is 18.8 Å². The number of anilines is 1. The van der Waals surface area contributed by atoms with Gasteiger partial charge in [-0.05, 0) is 18.2 Å². The number of aromatic amines is 2. The van der Waals surface area contributed by atoms with Crippen LogP contribution in [-0.2, 0) is 4.79 Å². The number of amides is 1. The molecule has 0 saturated carbocycles. The Hall–Kier alpha value is -1.94. The molecule has 1 aromatic heterocycles. The Morgan fingerprint density at radius 3 is 2.86 bits per heavy atom. The Kier molecular flexibility index (Phi) is 4.91. The van der Waals surface area contributed by atoms with Gasteiger partial charge in [0.2, 0.25) is 5.91 Å². The molecule has 10 heteroatoms. The second kappa shape index (κ2) is 6.68. The zero-order valence-electron chi connectivity index (χ0n) is 10.3. The Morgan fingerprint density at radius 1 is 1.43 bits per heavy atom. The molecule has 1 aromatic carbocycles. The molecule has 0 saturated heterocycles. The summed E-state index contributed by atoms with van der Waals surface area (Å²) in [4.78, 5) is 35.8. The van der Waals surface area contributed by atoms with E-state index in [1.54, 1.807) is 6.07 Å². The molecule has 0 aliphatic carbocycles. The molecule has 1 heterocycles. The van der Waals surface area contributed by atoms with Gasteiger partial charge in [0.15, 0.2) is 5.03 Å². The van der Waals surface area contributed by atoms with Crippen molar-refractivity contribution in [3.8, 4) is 0 Å². The number of H-pyrrole nitrogens is 2. The minimum atomic E-state index is -0.731. The molecule has 7 nitrogen and oxygen atoms in total. The minimum Gasteiger partial charge on any atom is -0.323 e. The van der Waals surface area contributed by atoms with E-state index >= 15 is 0 Å². The molecule has 2 rings (SSSR count). The summed E-state index contributed by atoms with van der Waals surface area (Å²) in [6.45, 7) is 0. The third kappa shape index (κ3) is 4.26. The van der Waals surface area contributed by atoms with Crippen molar-refractivity contribution in [3.63, 3.8) is 0 Å². The van der Waals surface area contributed by atoms with Gasteiger partial charge in [0.25, 0.3) is 5.56 Å². The maximum atomic E-state index is 13.5. The van der Waals surface area contributed by atoms with E-state index in [1.807, 2.05) is 4.98 Å². The number of hydrogen-bond donors (Lipinski definition) is 3. The first-order valence-electron chi connectivity index (χ1n) is 5.52. The Labute approximate surface area is 129 Å². The van der Waals surface area contributed by atoms with Crippen LogP contribution in [0.1, 0.15) is 0 Å². The molecular formula is C11H8BrFN4O3S. The summed E-state index contributed by atoms with van der Waals surface area (Å²) < 4.78 is 14.1. The molecule has 0 unspecified atom stereocenters. The Bertz CT molecular complexity index is 792. The van der Waals surface area contributed by atoms with Crippen molar-refractivity contribution < 1.29 is 9.18 Å². The van der Waals surface area contributed by atoms with Crippen LogP contribution >= 0.6 is 27.7 Å². The molecule has 0 radical (unpaired) electrons. The average Bonchev–Trinajstić information content (AvgIpc) is 2.41. The van der Waals surface area contributed by atoms with Gasteiger partial charge >= 0.3 is 5.69 Å². The van der Waals surface area contributed by atoms with Crippen LogP contribution < -0.4 is 16.6 Å². The zero-order chi connectivity index (χ0) is 15.4. The van der Waals surface area contributed by atoms with Crippen molar-refractivity contribution >= 4 is 39.3 Å². The van der Waals surface area contributed by atoms with Gasteiger partial charge in [-0.2, -0.15) is 5.10 Å². The minimum absolute atomic E-state index is 0.0344. The van der Waals surface area contributed by atoms with E-state index < -0.39 is 23.0 Å². The molecule has 3 N–H and O–H groups in total. The summed E-state index contributed by atoms with van der Waals surface area (Å²) in [5.41, 5.74) is -1.38. The number of nitrogens with one attached hydrogen (secondary N) is 3. The Balaban J connectivity index is 1.99. The number of thioether (sulfide) groups is 1. The number of hydrogen-bond acceptors (Lipinski definition) is 5. The first-order valence-corrected chi connectivity index (χ1v) is 7.30. The Morgan fingerprint density at radius 2 is 2.19 bits per heavy atom. The highest BCUT2D eigenvalue weighted by Crippen LogP contribution is 2.19. The highest BCUT2D eigenvalue weighted by atomic mass is 79.9. The molecule has 1 amide bonds. The van der Waals surface area contributed by atoms with Crippen molar-refractivity contribution in [1.82, 2.24) is 15.2 Å². The van der Waals surface area contributed by atoms with Gasteiger partial charge in [-0.25, -0.2) is 14.3 Å². The first-order chi connectivity index (χ1) is 9.95. The number of aromatic nitrogens is 3. The van der Waals surface area contributed by atoms with E-state index in [0.29, 0.717) is 4.47 Å². The summed E-state index contributed by atoms with van der Waals surface area (Å²) in [6.07, 6.45) is 0. The van der Waals surface area contributed by atoms with Crippen molar-refractivity contribution in [2.75, 3.05) is 11.1 Å². The monoisotopic (exact) mass is 374 g/mol. The highest BCUT2D eigenvalue weighted by Gasteiger charge is 2.10. The number of rotatable bonds is 4. The first kappa shape index (κ1) is 15.4. The van der Waals surface area contributed by atoms with Crippen LogP contribution in [0.25, 0.3) is 0 Å². The third-order valence-corrected chi connectivity index (χ3v) is 3.68. The van der Waals surface area contributed by atoms with E-state index in [0.717, 1.165) is 11.8 Å². The predicted octanol–water partition coefficient (Wildman–Crippen LogP) is 1.09. The lowest BCUT2D eigenvalue weighted by molar-refractivity contribution is -0.113. The second-order valence-electron chi connectivity index (χ2n) is 3.77. The van der Waals surface area contributed by atoms with Gasteiger partial charge in [0.05, 0.1) is 11.4 Å². The zero-order valence-corrected chi connectivity index (χ0v) is 12.7. The lowest BCUT2D eigenvalue weighted by atomic mass is 10.3. The lowest BCUT2D eigenvalue weighted by Gasteiger charge is -2.06. The summed E-state index contributed by atoms with van der Waals surface area (Å²) >= 11 is 3.93. The molecule has 0 atom stereocenters. The quantitative estimate of drug-likeness (QED) is 0.694. The fourth-order valence-electron chi connectivity index (χ4n) is 1.35. The fraction of sp³-hybridized carbons (Fsp3) is 0.0909. The molecular weight excluding hydrogens is 367 g/mol. The summed E-state index contributed by atoms with van der Waals surface area (Å²) in [5, 5.41) is 7.87. The number of halogens is 2. The van der Waals surface area contributed by atoms with Crippen LogP contribution in [0.4, 0.5) is 10.1 Å². The van der Waals surface area contributed by atoms with Crippen molar-refractivity contribution in [3.05, 3.63) is 49.3 Å². The van der Waals surface area contributed by atoms with Gasteiger partial charge in [0, 0.05) is 4.47 Å². The van der Waals surface area contributed by atoms with Crippen molar-refractivity contribution in [1.29, 1.82) is 0 Å². The molecule has 2 aromatic rings. The molecule has 21 heavy (non-hydrogen) atoms. The van der Waals surface area contributed by atoms with E-state index in [-0.39, 0.29) is 16.5 Å². The predicted molar refractivity (Wildman–Crippen MR) is 78.9 cm³/mol. The largest absolute Gasteiger partial charge is 0.342 e. The smallest absolute Gasteiger partial charge is 0.323 e. The van der Waals surface area contributed by atoms with Crippen LogP contribution in [-0.4, -0.2) is 26.8 Å². The molecule has 0 fully saturated rings. The van der Waals surface area contributed by atoms with Gasteiger partial charge in [0.1, 0.15) is 5.82 Å². The molecule has 0 bridgehead atoms. The van der Waals surface area contributed by atoms with Crippen molar-refractivity contribution in [2.45, 2.75) is 5.03 Å². The van der Waals surface area contributed by atoms with Crippen LogP contribution in [0.15, 0.2) is 37.3 Å². The van der Waals surface area contributed by atoms with Crippen LogP contribution in [0, 0.1) is 5.82 Å². The summed E-state index contributed by atoms with van der Waals surface area (Å²) in [7, 11) is 0. The molecule has 0 spiro atoms. The standard InChI is InChI=1S/C11H8BrFN4O3S/c12-5-1-2-7(6(13)3-5)14-8(18)4-21-10-9(19)15-11(20)17-16-10/h1-3H,4H2,(H,14,18)(H2,15,17,19,20). The summed E-state index contributed by atoms with van der Waals surface area (Å²) in [6, 6.07) is 4.21. The van der Waals surface area contributed by atoms with Crippen molar-refractivity contribution in [2.24, 2.45) is 0 Å². The number of nitrogens with zero attached hydrogens (tertiary/aromatic N) is 1. The van der Waals surface area contributed by atoms with Gasteiger partial charge < -0.3 is 5.32 Å². The summed E-state index contributed by atoms with van der Waals surface area (Å²) in [5.74, 6) is -1.24. The average molecular weight is 375 g/mol. The number of carbonyl (C=O) groups is 1. The topological polar surface area (TPSA) is 108 Å². The van der Waals surface area contributed by atoms with E-state index in [2.05, 4.69) is 31.4 Å². The maximum Gasteiger partial charge on any atom is 0.342 e. The molecule has 0 aliphatic rings. The molecule has 0 aliphatic heterocycles.